The van der Waals surface area contributed by atoms with Crippen LogP contribution in [0.5, 0.6) is 0 Å². The molecule has 0 spiro atoms. The molecule has 0 atom stereocenters. The van der Waals surface area contributed by atoms with Gasteiger partial charge in [-0.3, -0.25) is 4.57 Å². The largest absolute Gasteiger partial charge is 0.307 e. The van der Waals surface area contributed by atoms with E-state index in [4.69, 9.17) is 9.97 Å². The van der Waals surface area contributed by atoms with Gasteiger partial charge in [0.05, 0.1) is 27.6 Å². The molecule has 0 saturated carbocycles. The van der Waals surface area contributed by atoms with Crippen LogP contribution < -0.4 is 0 Å². The predicted molar refractivity (Wildman–Crippen MR) is 183 cm³/mol. The van der Waals surface area contributed by atoms with Crippen LogP contribution in [0.4, 0.5) is 0 Å². The van der Waals surface area contributed by atoms with Gasteiger partial charge in [0, 0.05) is 44.2 Å². The number of aromatic nitrogens is 4. The Labute approximate surface area is 252 Å². The second kappa shape index (κ2) is 8.76. The minimum Gasteiger partial charge on any atom is -0.307 e. The normalized spacial score (nSPS) is 12.1. The molecule has 4 heteroatoms. The minimum absolute atomic E-state index is 0.668. The van der Waals surface area contributed by atoms with Crippen molar-refractivity contribution in [3.8, 4) is 11.6 Å². The van der Waals surface area contributed by atoms with E-state index in [0.29, 0.717) is 5.95 Å². The standard InChI is InChI=1S/C40H24N4/c1-2-12-25(13-3-1)43-35-20-10-8-17-29(35)32-22-23-33-30-18-9-11-21-36(30)44(39(33)38(32)43)40-41-24-34-28-16-5-4-14-26(28)27-15-6-7-19-31(27)37(34)42-40/h1-24H. The molecule has 0 aliphatic carbocycles. The number of rotatable bonds is 2. The molecule has 7 aromatic carbocycles. The van der Waals surface area contributed by atoms with Crippen molar-refractivity contribution in [3.63, 3.8) is 0 Å². The van der Waals surface area contributed by atoms with E-state index in [1.165, 1.54) is 43.2 Å². The summed E-state index contributed by atoms with van der Waals surface area (Å²) in [5, 5.41) is 10.6. The van der Waals surface area contributed by atoms with Crippen molar-refractivity contribution < 1.29 is 0 Å². The van der Waals surface area contributed by atoms with Crippen molar-refractivity contribution >= 4 is 76.1 Å². The van der Waals surface area contributed by atoms with Crippen molar-refractivity contribution in [2.75, 3.05) is 0 Å². The molecule has 10 aromatic rings. The molecular weight excluding hydrogens is 536 g/mol. The van der Waals surface area contributed by atoms with E-state index < -0.39 is 0 Å². The number of nitrogens with zero attached hydrogens (tertiary/aromatic N) is 4. The van der Waals surface area contributed by atoms with E-state index in [0.717, 1.165) is 38.5 Å². The molecule has 0 radical (unpaired) electrons. The molecule has 3 heterocycles. The Bertz CT molecular complexity index is 2730. The van der Waals surface area contributed by atoms with Crippen LogP contribution in [0.2, 0.25) is 0 Å². The van der Waals surface area contributed by atoms with E-state index in [1.54, 1.807) is 0 Å². The number of para-hydroxylation sites is 3. The average Bonchev–Trinajstić information content (AvgIpc) is 3.62. The molecule has 10 rings (SSSR count). The molecular formula is C40H24N4. The van der Waals surface area contributed by atoms with Crippen molar-refractivity contribution in [2.24, 2.45) is 0 Å². The summed E-state index contributed by atoms with van der Waals surface area (Å²) in [6.45, 7) is 0. The highest BCUT2D eigenvalue weighted by Gasteiger charge is 2.22. The summed E-state index contributed by atoms with van der Waals surface area (Å²) in [5.74, 6) is 0.668. The fourth-order valence-electron chi connectivity index (χ4n) is 7.31. The molecule has 0 amide bonds. The van der Waals surface area contributed by atoms with Crippen molar-refractivity contribution in [3.05, 3.63) is 146 Å². The molecule has 4 nitrogen and oxygen atoms in total. The third-order valence-corrected chi connectivity index (χ3v) is 9.15. The highest BCUT2D eigenvalue weighted by molar-refractivity contribution is 6.25. The molecule has 0 bridgehead atoms. The third-order valence-electron chi connectivity index (χ3n) is 9.15. The van der Waals surface area contributed by atoms with Gasteiger partial charge < -0.3 is 4.57 Å². The van der Waals surface area contributed by atoms with E-state index in [9.17, 15) is 0 Å². The maximum atomic E-state index is 5.40. The zero-order valence-electron chi connectivity index (χ0n) is 23.6. The third kappa shape index (κ3) is 3.06. The molecule has 0 saturated heterocycles. The lowest BCUT2D eigenvalue weighted by atomic mass is 9.98. The van der Waals surface area contributed by atoms with Crippen LogP contribution in [-0.4, -0.2) is 19.1 Å². The molecule has 204 valence electrons. The summed E-state index contributed by atoms with van der Waals surface area (Å²) < 4.78 is 4.67. The Morgan fingerprint density at radius 1 is 0.364 bits per heavy atom. The summed E-state index contributed by atoms with van der Waals surface area (Å²) in [5.41, 5.74) is 6.61. The Balaban J connectivity index is 1.42. The van der Waals surface area contributed by atoms with E-state index in [-0.39, 0.29) is 0 Å². The minimum atomic E-state index is 0.668. The summed E-state index contributed by atoms with van der Waals surface area (Å²) in [6, 6.07) is 49.6. The van der Waals surface area contributed by atoms with Crippen LogP contribution in [0, 0.1) is 0 Å². The fraction of sp³-hybridized carbons (Fsp3) is 0. The number of benzene rings is 7. The highest BCUT2D eigenvalue weighted by atomic mass is 15.2. The van der Waals surface area contributed by atoms with Gasteiger partial charge in [0.2, 0.25) is 5.95 Å². The monoisotopic (exact) mass is 560 g/mol. The quantitative estimate of drug-likeness (QED) is 0.197. The molecule has 3 aromatic heterocycles. The highest BCUT2D eigenvalue weighted by Crippen LogP contribution is 2.42. The van der Waals surface area contributed by atoms with Gasteiger partial charge in [-0.15, -0.1) is 0 Å². The Kier molecular flexibility index (Phi) is 4.69. The van der Waals surface area contributed by atoms with Crippen LogP contribution in [-0.2, 0) is 0 Å². The maximum absolute atomic E-state index is 5.40. The molecule has 0 aliphatic heterocycles. The first kappa shape index (κ1) is 23.6. The Hall–Kier alpha value is -6.00. The van der Waals surface area contributed by atoms with Crippen LogP contribution in [0.1, 0.15) is 0 Å². The Morgan fingerprint density at radius 2 is 0.841 bits per heavy atom. The smallest absolute Gasteiger partial charge is 0.235 e. The van der Waals surface area contributed by atoms with Gasteiger partial charge >= 0.3 is 0 Å². The fourth-order valence-corrected chi connectivity index (χ4v) is 7.31. The van der Waals surface area contributed by atoms with Gasteiger partial charge in [-0.1, -0.05) is 115 Å². The summed E-state index contributed by atoms with van der Waals surface area (Å²) >= 11 is 0. The molecule has 44 heavy (non-hydrogen) atoms. The van der Waals surface area contributed by atoms with Gasteiger partial charge in [0.1, 0.15) is 0 Å². The molecule has 0 aliphatic rings. The van der Waals surface area contributed by atoms with Gasteiger partial charge in [-0.05, 0) is 40.4 Å². The van der Waals surface area contributed by atoms with Crippen LogP contribution in [0.25, 0.3) is 87.7 Å². The summed E-state index contributed by atoms with van der Waals surface area (Å²) in [6.07, 6.45) is 2.01. The van der Waals surface area contributed by atoms with E-state index >= 15 is 0 Å². The zero-order chi connectivity index (χ0) is 28.8. The lowest BCUT2D eigenvalue weighted by Crippen LogP contribution is -2.03. The zero-order valence-corrected chi connectivity index (χ0v) is 23.6. The predicted octanol–water partition coefficient (Wildman–Crippen LogP) is 10.1. The van der Waals surface area contributed by atoms with E-state index in [2.05, 4.69) is 149 Å². The number of fused-ring (bicyclic) bond motifs is 13. The SMILES string of the molecule is c1ccc(-n2c3ccccc3c3ccc4c5ccccc5n(-c5ncc6c7ccccc7c7ccccc7c6n5)c4c32)cc1. The number of hydrogen-bond donors (Lipinski definition) is 0. The van der Waals surface area contributed by atoms with Crippen molar-refractivity contribution in [2.45, 2.75) is 0 Å². The molecule has 0 fully saturated rings. The lowest BCUT2D eigenvalue weighted by Gasteiger charge is -2.13. The molecule has 0 N–H and O–H groups in total. The van der Waals surface area contributed by atoms with Gasteiger partial charge in [-0.25, -0.2) is 9.97 Å². The van der Waals surface area contributed by atoms with Crippen molar-refractivity contribution in [1.29, 1.82) is 0 Å². The maximum Gasteiger partial charge on any atom is 0.235 e. The second-order valence-electron chi connectivity index (χ2n) is 11.4. The second-order valence-corrected chi connectivity index (χ2v) is 11.4. The number of hydrogen-bond acceptors (Lipinski definition) is 2. The average molecular weight is 561 g/mol. The molecule has 0 unspecified atom stereocenters. The van der Waals surface area contributed by atoms with Gasteiger partial charge in [0.25, 0.3) is 0 Å². The van der Waals surface area contributed by atoms with Crippen LogP contribution in [0.15, 0.2) is 146 Å². The first-order valence-corrected chi connectivity index (χ1v) is 14.9. The van der Waals surface area contributed by atoms with E-state index in [1.807, 2.05) is 6.20 Å². The topological polar surface area (TPSA) is 35.6 Å². The van der Waals surface area contributed by atoms with Gasteiger partial charge in [-0.2, -0.15) is 0 Å². The Morgan fingerprint density at radius 3 is 1.50 bits per heavy atom. The van der Waals surface area contributed by atoms with Crippen LogP contribution >= 0.6 is 0 Å². The lowest BCUT2D eigenvalue weighted by molar-refractivity contribution is 1.01. The van der Waals surface area contributed by atoms with Gasteiger partial charge in [0.15, 0.2) is 0 Å². The first-order valence-electron chi connectivity index (χ1n) is 14.9. The first-order chi connectivity index (χ1) is 21.9. The van der Waals surface area contributed by atoms with Crippen LogP contribution in [0.3, 0.4) is 0 Å². The van der Waals surface area contributed by atoms with Crippen molar-refractivity contribution in [1.82, 2.24) is 19.1 Å². The summed E-state index contributed by atoms with van der Waals surface area (Å²) in [4.78, 5) is 10.5. The summed E-state index contributed by atoms with van der Waals surface area (Å²) in [7, 11) is 0.